The fraction of sp³-hybridized carbons (Fsp3) is 0.522. The SMILES string of the molecule is C[C@H]1CN(C(=O)[C@]23CC[C@H](c4cc(-c5c(F)cccc5F)nnc42)C3(C)C)C[C@@H]1O. The molecule has 4 atom stereocenters. The van der Waals surface area contributed by atoms with Crippen molar-refractivity contribution in [2.75, 3.05) is 13.1 Å². The zero-order valence-electron chi connectivity index (χ0n) is 17.3. The molecule has 2 aromatic rings. The largest absolute Gasteiger partial charge is 0.391 e. The number of aliphatic hydroxyl groups excluding tert-OH is 1. The van der Waals surface area contributed by atoms with Crippen LogP contribution in [0.5, 0.6) is 0 Å². The van der Waals surface area contributed by atoms with Crippen LogP contribution in [0, 0.1) is 23.0 Å². The van der Waals surface area contributed by atoms with Crippen molar-refractivity contribution in [3.63, 3.8) is 0 Å². The van der Waals surface area contributed by atoms with Gasteiger partial charge in [0.1, 0.15) is 11.6 Å². The van der Waals surface area contributed by atoms with Crippen LogP contribution in [-0.4, -0.2) is 45.3 Å². The van der Waals surface area contributed by atoms with Gasteiger partial charge in [0.15, 0.2) is 0 Å². The highest BCUT2D eigenvalue weighted by molar-refractivity contribution is 5.92. The molecule has 1 saturated carbocycles. The lowest BCUT2D eigenvalue weighted by Crippen LogP contribution is -2.51. The smallest absolute Gasteiger partial charge is 0.235 e. The summed E-state index contributed by atoms with van der Waals surface area (Å²) in [5, 5.41) is 18.7. The quantitative estimate of drug-likeness (QED) is 0.819. The topological polar surface area (TPSA) is 66.3 Å². The van der Waals surface area contributed by atoms with Gasteiger partial charge in [-0.25, -0.2) is 8.78 Å². The molecule has 1 aliphatic heterocycles. The second-order valence-corrected chi connectivity index (χ2v) is 9.60. The number of carbonyl (C=O) groups excluding carboxylic acids is 1. The van der Waals surface area contributed by atoms with Gasteiger partial charge in [0.25, 0.3) is 0 Å². The Balaban J connectivity index is 1.62. The Morgan fingerprint density at radius 2 is 1.90 bits per heavy atom. The fourth-order valence-corrected chi connectivity index (χ4v) is 6.05. The molecule has 1 aromatic carbocycles. The number of fused-ring (bicyclic) bond motifs is 5. The van der Waals surface area contributed by atoms with Crippen LogP contribution in [0.4, 0.5) is 8.78 Å². The second-order valence-electron chi connectivity index (χ2n) is 9.60. The van der Waals surface area contributed by atoms with Crippen LogP contribution >= 0.6 is 0 Å². The molecule has 1 N–H and O–H groups in total. The van der Waals surface area contributed by atoms with E-state index in [0.717, 1.165) is 12.0 Å². The molecule has 30 heavy (non-hydrogen) atoms. The first-order valence-corrected chi connectivity index (χ1v) is 10.5. The molecule has 158 valence electrons. The van der Waals surface area contributed by atoms with Crippen LogP contribution < -0.4 is 0 Å². The Hall–Kier alpha value is -2.41. The molecule has 0 spiro atoms. The molecular weight excluding hydrogens is 388 g/mol. The van der Waals surface area contributed by atoms with Crippen LogP contribution in [0.2, 0.25) is 0 Å². The number of β-amino-alcohol motifs (C(OH)–C–C–N with tert-alkyl or cyclic N) is 1. The van der Waals surface area contributed by atoms with E-state index in [2.05, 4.69) is 24.0 Å². The summed E-state index contributed by atoms with van der Waals surface area (Å²) in [5.41, 5.74) is 0.231. The van der Waals surface area contributed by atoms with Crippen molar-refractivity contribution in [3.8, 4) is 11.3 Å². The third-order valence-corrected chi connectivity index (χ3v) is 7.83. The number of nitrogens with zero attached hydrogens (tertiary/aromatic N) is 3. The third-order valence-electron chi connectivity index (χ3n) is 7.83. The first-order valence-electron chi connectivity index (χ1n) is 10.5. The van der Waals surface area contributed by atoms with E-state index in [0.29, 0.717) is 25.2 Å². The summed E-state index contributed by atoms with van der Waals surface area (Å²) in [6.45, 7) is 6.93. The maximum absolute atomic E-state index is 14.3. The van der Waals surface area contributed by atoms with Gasteiger partial charge >= 0.3 is 0 Å². The van der Waals surface area contributed by atoms with Gasteiger partial charge in [-0.05, 0) is 47.9 Å². The van der Waals surface area contributed by atoms with Gasteiger partial charge in [-0.2, -0.15) is 5.10 Å². The van der Waals surface area contributed by atoms with E-state index in [4.69, 9.17) is 0 Å². The Bertz CT molecular complexity index is 1030. The van der Waals surface area contributed by atoms with Gasteiger partial charge in [-0.1, -0.05) is 26.8 Å². The van der Waals surface area contributed by atoms with E-state index in [1.165, 1.54) is 18.2 Å². The highest BCUT2D eigenvalue weighted by Gasteiger charge is 2.68. The number of benzene rings is 1. The minimum atomic E-state index is -0.823. The van der Waals surface area contributed by atoms with Gasteiger partial charge in [0, 0.05) is 19.0 Å². The number of aromatic nitrogens is 2. The molecule has 2 bridgehead atoms. The van der Waals surface area contributed by atoms with Gasteiger partial charge in [-0.3, -0.25) is 4.79 Å². The Morgan fingerprint density at radius 3 is 2.53 bits per heavy atom. The zero-order chi connectivity index (χ0) is 21.4. The molecule has 0 radical (unpaired) electrons. The van der Waals surface area contributed by atoms with Crippen LogP contribution in [0.1, 0.15) is 50.8 Å². The molecule has 1 saturated heterocycles. The molecule has 3 aliphatic rings. The van der Waals surface area contributed by atoms with E-state index in [9.17, 15) is 18.7 Å². The molecule has 7 heteroatoms. The summed E-state index contributed by atoms with van der Waals surface area (Å²) in [4.78, 5) is 15.5. The number of aliphatic hydroxyl groups is 1. The highest BCUT2D eigenvalue weighted by Crippen LogP contribution is 2.68. The second kappa shape index (κ2) is 6.30. The van der Waals surface area contributed by atoms with Gasteiger partial charge in [0.05, 0.1) is 28.5 Å². The van der Waals surface area contributed by atoms with Crippen LogP contribution in [0.15, 0.2) is 24.3 Å². The van der Waals surface area contributed by atoms with Crippen molar-refractivity contribution in [2.45, 2.75) is 51.0 Å². The molecule has 2 fully saturated rings. The van der Waals surface area contributed by atoms with Crippen molar-refractivity contribution in [2.24, 2.45) is 11.3 Å². The van der Waals surface area contributed by atoms with Crippen LogP contribution in [0.3, 0.4) is 0 Å². The van der Waals surface area contributed by atoms with Gasteiger partial charge in [0.2, 0.25) is 5.91 Å². The normalized spacial score (nSPS) is 31.3. The first-order chi connectivity index (χ1) is 14.2. The van der Waals surface area contributed by atoms with E-state index in [-0.39, 0.29) is 29.0 Å². The summed E-state index contributed by atoms with van der Waals surface area (Å²) < 4.78 is 28.6. The van der Waals surface area contributed by atoms with Crippen LogP contribution in [0.25, 0.3) is 11.3 Å². The number of hydrogen-bond acceptors (Lipinski definition) is 4. The molecule has 1 aromatic heterocycles. The summed E-state index contributed by atoms with van der Waals surface area (Å²) in [5.74, 6) is -1.29. The number of rotatable bonds is 2. The van der Waals surface area contributed by atoms with Gasteiger partial charge in [-0.15, -0.1) is 5.10 Å². The van der Waals surface area contributed by atoms with E-state index < -0.39 is 28.6 Å². The van der Waals surface area contributed by atoms with Crippen LogP contribution in [-0.2, 0) is 10.2 Å². The molecule has 2 heterocycles. The third kappa shape index (κ3) is 2.32. The predicted molar refractivity (Wildman–Crippen MR) is 107 cm³/mol. The highest BCUT2D eigenvalue weighted by atomic mass is 19.1. The summed E-state index contributed by atoms with van der Waals surface area (Å²) in [7, 11) is 0. The average molecular weight is 413 g/mol. The lowest BCUT2D eigenvalue weighted by Gasteiger charge is -2.39. The van der Waals surface area contributed by atoms with Gasteiger partial charge < -0.3 is 10.0 Å². The first kappa shape index (κ1) is 19.5. The number of halogens is 2. The summed E-state index contributed by atoms with van der Waals surface area (Å²) in [6.07, 6.45) is 0.950. The lowest BCUT2D eigenvalue weighted by atomic mass is 9.67. The Morgan fingerprint density at radius 1 is 1.20 bits per heavy atom. The monoisotopic (exact) mass is 413 g/mol. The molecular formula is C23H25F2N3O2. The molecule has 1 amide bonds. The minimum absolute atomic E-state index is 0.0173. The average Bonchev–Trinajstić information content (AvgIpc) is 3.24. The van der Waals surface area contributed by atoms with E-state index in [1.54, 1.807) is 11.0 Å². The van der Waals surface area contributed by atoms with Crippen molar-refractivity contribution >= 4 is 5.91 Å². The Labute approximate surface area is 174 Å². The van der Waals surface area contributed by atoms with Crippen molar-refractivity contribution in [1.29, 1.82) is 0 Å². The Kier molecular flexibility index (Phi) is 4.10. The van der Waals surface area contributed by atoms with Crippen molar-refractivity contribution in [1.82, 2.24) is 15.1 Å². The number of hydrogen-bond donors (Lipinski definition) is 1. The van der Waals surface area contributed by atoms with E-state index >= 15 is 0 Å². The maximum Gasteiger partial charge on any atom is 0.235 e. The number of likely N-dealkylation sites (tertiary alicyclic amines) is 1. The molecule has 2 aliphatic carbocycles. The maximum atomic E-state index is 14.3. The number of amides is 1. The fourth-order valence-electron chi connectivity index (χ4n) is 6.05. The van der Waals surface area contributed by atoms with E-state index in [1.807, 2.05) is 6.92 Å². The van der Waals surface area contributed by atoms with Crippen molar-refractivity contribution < 1.29 is 18.7 Å². The lowest BCUT2D eigenvalue weighted by molar-refractivity contribution is -0.140. The molecule has 5 rings (SSSR count). The molecule has 0 unspecified atom stereocenters. The minimum Gasteiger partial charge on any atom is -0.391 e. The predicted octanol–water partition coefficient (Wildman–Crippen LogP) is 3.42. The zero-order valence-corrected chi connectivity index (χ0v) is 17.3. The number of carbonyl (C=O) groups is 1. The van der Waals surface area contributed by atoms with Crippen molar-refractivity contribution in [3.05, 3.63) is 47.2 Å². The summed E-state index contributed by atoms with van der Waals surface area (Å²) >= 11 is 0. The summed E-state index contributed by atoms with van der Waals surface area (Å²) in [6, 6.07) is 5.44. The standard InChI is InChI=1S/C23H25F2N3O2/c1-12-10-28(11-18(12)29)21(30)23-8-7-14(22(23,2)3)13-9-17(26-27-20(13)23)19-15(24)5-4-6-16(19)25/h4-6,9,12,14,18,29H,7-8,10-11H2,1-3H3/t12-,14+,18-,23-/m0/s1. The molecule has 5 nitrogen and oxygen atoms in total.